The molecule has 2 aliphatic heterocycles. The number of phenolic OH excluding ortho intramolecular Hbond substituents is 2. The number of aromatic carboxylic acids is 1. The molecular formula is C28H23N9O11S3. The molecule has 1 aromatic carbocycles. The molecule has 1 fully saturated rings. The van der Waals surface area contributed by atoms with Gasteiger partial charge >= 0.3 is 17.9 Å². The summed E-state index contributed by atoms with van der Waals surface area (Å²) in [5.41, 5.74) is 5.56. The first-order chi connectivity index (χ1) is 24.2. The van der Waals surface area contributed by atoms with Gasteiger partial charge in [-0.05, 0) is 30.7 Å². The lowest BCUT2D eigenvalue weighted by molar-refractivity contribution is -0.151. The van der Waals surface area contributed by atoms with E-state index in [0.29, 0.717) is 16.3 Å². The average molecular weight is 758 g/mol. The molecule has 0 bridgehead atoms. The number of hydrogen-bond donors (Lipinski definition) is 7. The molecule has 1 saturated heterocycles. The minimum absolute atomic E-state index is 0.0351. The number of nitrogen functional groups attached to an aromatic ring is 1. The van der Waals surface area contributed by atoms with Gasteiger partial charge in [0.15, 0.2) is 22.3 Å². The number of nitrogens with zero attached hydrogens (tertiary/aromatic N) is 7. The number of rotatable bonds is 12. The minimum Gasteiger partial charge on any atom is -0.504 e. The number of β-lactam (4-membered cyclic amide) rings is 1. The van der Waals surface area contributed by atoms with Gasteiger partial charge in [-0.1, -0.05) is 11.2 Å². The van der Waals surface area contributed by atoms with Crippen LogP contribution in [-0.2, 0) is 24.0 Å². The van der Waals surface area contributed by atoms with Gasteiger partial charge in [-0.3, -0.25) is 14.5 Å². The van der Waals surface area contributed by atoms with Crippen molar-refractivity contribution in [2.75, 3.05) is 17.2 Å². The number of aryl methyl sites for hydroxylation is 1. The van der Waals surface area contributed by atoms with Gasteiger partial charge in [-0.25, -0.2) is 24.4 Å². The number of thiazole rings is 1. The number of anilines is 1. The van der Waals surface area contributed by atoms with E-state index in [1.807, 2.05) is 0 Å². The molecule has 264 valence electrons. The van der Waals surface area contributed by atoms with Gasteiger partial charge < -0.3 is 41.4 Å². The maximum atomic E-state index is 13.5. The first kappa shape index (κ1) is 34.9. The number of phenols is 2. The van der Waals surface area contributed by atoms with Crippen molar-refractivity contribution in [3.05, 3.63) is 63.7 Å². The van der Waals surface area contributed by atoms with E-state index >= 15 is 0 Å². The normalized spacial score (nSPS) is 17.9. The zero-order valence-corrected chi connectivity index (χ0v) is 28.1. The highest BCUT2D eigenvalue weighted by molar-refractivity contribution is 8.01. The Balaban J connectivity index is 1.21. The number of carboxylic acids is 3. The SMILES string of the molecule is Cc1cc(SCC2=C(C(=O)O)N3C(=O)C(NC(=O)/C(=N\OC(C(=O)O)c4ccc(O)c(O)c4)c4csc(N)n4)C3SC2)n2nc(C(=O)O)nc2n1. The Hall–Kier alpha value is -5.94. The Morgan fingerprint density at radius 3 is 2.53 bits per heavy atom. The first-order valence-corrected chi connectivity index (χ1v) is 17.2. The molecule has 8 N–H and O–H groups in total. The Morgan fingerprint density at radius 2 is 1.88 bits per heavy atom. The molecule has 51 heavy (non-hydrogen) atoms. The second-order valence-electron chi connectivity index (χ2n) is 10.7. The number of fused-ring (bicyclic) bond motifs is 2. The van der Waals surface area contributed by atoms with Crippen molar-refractivity contribution in [3.63, 3.8) is 0 Å². The fourth-order valence-electron chi connectivity index (χ4n) is 4.97. The van der Waals surface area contributed by atoms with Gasteiger partial charge in [0.25, 0.3) is 23.4 Å². The van der Waals surface area contributed by atoms with E-state index in [0.717, 1.165) is 46.2 Å². The third-order valence-electron chi connectivity index (χ3n) is 7.29. The minimum atomic E-state index is -1.85. The third kappa shape index (κ3) is 6.80. The number of aromatic nitrogens is 5. The average Bonchev–Trinajstić information content (AvgIpc) is 3.71. The van der Waals surface area contributed by atoms with E-state index in [1.165, 1.54) is 21.7 Å². The Labute approximate surface area is 296 Å². The van der Waals surface area contributed by atoms with E-state index in [2.05, 4.69) is 30.5 Å². The Kier molecular flexibility index (Phi) is 9.42. The fourth-order valence-corrected chi connectivity index (χ4v) is 8.05. The maximum absolute atomic E-state index is 13.5. The summed E-state index contributed by atoms with van der Waals surface area (Å²) in [6.07, 6.45) is -1.85. The summed E-state index contributed by atoms with van der Waals surface area (Å²) in [5, 5.41) is 59.7. The van der Waals surface area contributed by atoms with Gasteiger partial charge in [0.1, 0.15) is 27.8 Å². The molecule has 4 aromatic rings. The fraction of sp³-hybridized carbons (Fsp3) is 0.214. The van der Waals surface area contributed by atoms with Crippen LogP contribution in [0.1, 0.15) is 33.7 Å². The molecule has 0 aliphatic carbocycles. The lowest BCUT2D eigenvalue weighted by Crippen LogP contribution is -2.71. The van der Waals surface area contributed by atoms with Crippen LogP contribution >= 0.6 is 34.9 Å². The molecule has 6 rings (SSSR count). The van der Waals surface area contributed by atoms with Gasteiger partial charge in [0.05, 0.1) is 0 Å². The van der Waals surface area contributed by atoms with Crippen molar-refractivity contribution in [2.24, 2.45) is 5.16 Å². The lowest BCUT2D eigenvalue weighted by atomic mass is 10.0. The number of nitrogens with one attached hydrogen (secondary N) is 1. The summed E-state index contributed by atoms with van der Waals surface area (Å²) in [5.74, 6) is -7.37. The number of benzene rings is 1. The van der Waals surface area contributed by atoms with Gasteiger partial charge in [0, 0.05) is 28.1 Å². The molecule has 23 heteroatoms. The molecule has 3 atom stereocenters. The number of aromatic hydroxyl groups is 2. The molecule has 3 aromatic heterocycles. The van der Waals surface area contributed by atoms with Crippen LogP contribution in [0, 0.1) is 6.92 Å². The number of carbonyl (C=O) groups is 5. The topological polar surface area (TPSA) is 305 Å². The van der Waals surface area contributed by atoms with Crippen molar-refractivity contribution in [2.45, 2.75) is 29.5 Å². The quantitative estimate of drug-likeness (QED) is 0.0261. The van der Waals surface area contributed by atoms with E-state index in [9.17, 15) is 49.5 Å². The largest absolute Gasteiger partial charge is 0.504 e. The van der Waals surface area contributed by atoms with Crippen LogP contribution in [-0.4, -0.2) is 113 Å². The van der Waals surface area contributed by atoms with Gasteiger partial charge in [-0.2, -0.15) is 9.50 Å². The number of thioether (sulfide) groups is 2. The number of nitrogens with two attached hydrogens (primary N) is 1. The van der Waals surface area contributed by atoms with Crippen molar-refractivity contribution in [1.82, 2.24) is 34.8 Å². The van der Waals surface area contributed by atoms with Crippen LogP contribution in [0.5, 0.6) is 11.5 Å². The monoisotopic (exact) mass is 757 g/mol. The highest BCUT2D eigenvalue weighted by Gasteiger charge is 2.54. The predicted molar refractivity (Wildman–Crippen MR) is 177 cm³/mol. The molecular weight excluding hydrogens is 735 g/mol. The van der Waals surface area contributed by atoms with Gasteiger partial charge in [0.2, 0.25) is 6.10 Å². The van der Waals surface area contributed by atoms with E-state index in [1.54, 1.807) is 13.0 Å². The lowest BCUT2D eigenvalue weighted by Gasteiger charge is -2.49. The molecule has 3 unspecified atom stereocenters. The number of carboxylic acid groups (broad SMARTS) is 3. The Morgan fingerprint density at radius 1 is 1.12 bits per heavy atom. The summed E-state index contributed by atoms with van der Waals surface area (Å²) >= 11 is 3.27. The van der Waals surface area contributed by atoms with Crippen LogP contribution < -0.4 is 11.1 Å². The maximum Gasteiger partial charge on any atom is 0.375 e. The number of aliphatic carboxylic acids is 2. The number of amides is 2. The van der Waals surface area contributed by atoms with Crippen LogP contribution in [0.2, 0.25) is 0 Å². The second-order valence-corrected chi connectivity index (χ2v) is 13.7. The molecule has 20 nitrogen and oxygen atoms in total. The summed E-state index contributed by atoms with van der Waals surface area (Å²) in [6, 6.07) is 3.55. The molecule has 0 spiro atoms. The predicted octanol–water partition coefficient (Wildman–Crippen LogP) is 0.658. The first-order valence-electron chi connectivity index (χ1n) is 14.2. The summed E-state index contributed by atoms with van der Waals surface area (Å²) in [7, 11) is 0. The molecule has 2 amide bonds. The number of oxime groups is 1. The van der Waals surface area contributed by atoms with Crippen LogP contribution in [0.15, 0.2) is 51.1 Å². The van der Waals surface area contributed by atoms with E-state index in [-0.39, 0.29) is 39.4 Å². The third-order valence-corrected chi connectivity index (χ3v) is 10.4. The highest BCUT2D eigenvalue weighted by atomic mass is 32.2. The molecule has 5 heterocycles. The summed E-state index contributed by atoms with van der Waals surface area (Å²) in [4.78, 5) is 81.1. The molecule has 0 saturated carbocycles. The zero-order chi connectivity index (χ0) is 36.7. The standard InChI is InChI=1S/C28H23N9O11S3/c1-9-4-15(37-28(30-9)33-20(34-37)26(46)47)49-6-11-7-50-23-17(22(41)36(23)18(11)24(42)43)32-21(40)16(12-8-51-27(29)31-12)35-48-19(25(44)45)10-2-3-13(38)14(39)5-10/h2-5,8,17,19,23,38-39H,6-7H2,1H3,(H2,29,31)(H,32,40)(H,42,43)(H,44,45)(H,46,47)/b35-16-. The van der Waals surface area contributed by atoms with E-state index in [4.69, 9.17) is 10.6 Å². The summed E-state index contributed by atoms with van der Waals surface area (Å²) in [6.45, 7) is 1.67. The van der Waals surface area contributed by atoms with Crippen LogP contribution in [0.25, 0.3) is 5.78 Å². The number of carbonyl (C=O) groups excluding carboxylic acids is 2. The van der Waals surface area contributed by atoms with Crippen molar-refractivity contribution >= 4 is 81.2 Å². The highest BCUT2D eigenvalue weighted by Crippen LogP contribution is 2.42. The Bertz CT molecular complexity index is 2200. The number of hydrogen-bond acceptors (Lipinski definition) is 17. The molecule has 2 aliphatic rings. The van der Waals surface area contributed by atoms with E-state index < -0.39 is 70.3 Å². The smallest absolute Gasteiger partial charge is 0.375 e. The molecule has 0 radical (unpaired) electrons. The zero-order valence-electron chi connectivity index (χ0n) is 25.7. The van der Waals surface area contributed by atoms with Crippen LogP contribution in [0.3, 0.4) is 0 Å². The van der Waals surface area contributed by atoms with Crippen molar-refractivity contribution in [1.29, 1.82) is 0 Å². The van der Waals surface area contributed by atoms with Crippen molar-refractivity contribution < 1.29 is 54.3 Å². The van der Waals surface area contributed by atoms with Crippen LogP contribution in [0.4, 0.5) is 5.13 Å². The summed E-state index contributed by atoms with van der Waals surface area (Å²) < 4.78 is 1.23. The van der Waals surface area contributed by atoms with Crippen molar-refractivity contribution in [3.8, 4) is 11.5 Å². The second kappa shape index (κ2) is 13.8. The van der Waals surface area contributed by atoms with Gasteiger partial charge in [-0.15, -0.1) is 40.0 Å².